The zero-order chi connectivity index (χ0) is 8.48. The fourth-order valence-electron chi connectivity index (χ4n) is 1.13. The van der Waals surface area contributed by atoms with Gasteiger partial charge in [0.15, 0.2) is 0 Å². The van der Waals surface area contributed by atoms with Gasteiger partial charge in [-0.3, -0.25) is 0 Å². The van der Waals surface area contributed by atoms with Crippen LogP contribution >= 0.6 is 0 Å². The van der Waals surface area contributed by atoms with E-state index in [0.717, 1.165) is 0 Å². The summed E-state index contributed by atoms with van der Waals surface area (Å²) in [4.78, 5) is 0. The zero-order valence-electron chi connectivity index (χ0n) is 6.45. The molecule has 0 saturated carbocycles. The first-order valence-electron chi connectivity index (χ1n) is 3.51. The molecule has 0 aromatic rings. The van der Waals surface area contributed by atoms with E-state index in [2.05, 4.69) is 5.32 Å². The lowest BCUT2D eigenvalue weighted by atomic mass is 10.3. The van der Waals surface area contributed by atoms with Crippen molar-refractivity contribution >= 4 is 10.2 Å². The van der Waals surface area contributed by atoms with Crippen molar-refractivity contribution in [1.29, 1.82) is 0 Å². The Kier molecular flexibility index (Phi) is 2.48. The quantitative estimate of drug-likeness (QED) is 0.513. The molecular formula is C5H13N3O2S. The first kappa shape index (κ1) is 8.92. The molecule has 0 aliphatic carbocycles. The second-order valence-electron chi connectivity index (χ2n) is 2.76. The number of nitrogens with one attached hydrogen (secondary N) is 1. The normalized spacial score (nSPS) is 28.7. The molecule has 0 bridgehead atoms. The second-order valence-corrected chi connectivity index (χ2v) is 4.30. The van der Waals surface area contributed by atoms with Crippen LogP contribution in [0.2, 0.25) is 0 Å². The number of nitrogens with zero attached hydrogens (tertiary/aromatic N) is 1. The van der Waals surface area contributed by atoms with Gasteiger partial charge in [-0.15, -0.1) is 0 Å². The van der Waals surface area contributed by atoms with Crippen LogP contribution < -0.4 is 10.5 Å². The lowest BCUT2D eigenvalue weighted by Gasteiger charge is -2.29. The van der Waals surface area contributed by atoms with Gasteiger partial charge in [-0.05, 0) is 6.92 Å². The molecule has 3 N–H and O–H groups in total. The Morgan fingerprint density at radius 2 is 2.27 bits per heavy atom. The molecule has 66 valence electrons. The predicted molar refractivity (Wildman–Crippen MR) is 42.1 cm³/mol. The molecule has 5 nitrogen and oxygen atoms in total. The van der Waals surface area contributed by atoms with Crippen LogP contribution in [0.3, 0.4) is 0 Å². The van der Waals surface area contributed by atoms with Crippen molar-refractivity contribution < 1.29 is 8.42 Å². The van der Waals surface area contributed by atoms with Crippen molar-refractivity contribution in [2.75, 3.05) is 19.6 Å². The van der Waals surface area contributed by atoms with E-state index in [1.54, 1.807) is 0 Å². The molecule has 1 fully saturated rings. The molecule has 1 atom stereocenters. The van der Waals surface area contributed by atoms with E-state index in [1.807, 2.05) is 6.92 Å². The van der Waals surface area contributed by atoms with Crippen LogP contribution in [-0.2, 0) is 10.2 Å². The van der Waals surface area contributed by atoms with Crippen LogP contribution in [0.25, 0.3) is 0 Å². The summed E-state index contributed by atoms with van der Waals surface area (Å²) in [5.41, 5.74) is 0. The van der Waals surface area contributed by atoms with Gasteiger partial charge in [0.05, 0.1) is 0 Å². The van der Waals surface area contributed by atoms with Crippen LogP contribution in [0.15, 0.2) is 0 Å². The molecule has 0 spiro atoms. The van der Waals surface area contributed by atoms with E-state index in [0.29, 0.717) is 19.6 Å². The summed E-state index contributed by atoms with van der Waals surface area (Å²) in [6.45, 7) is 3.55. The first-order valence-corrected chi connectivity index (χ1v) is 5.02. The molecule has 1 heterocycles. The molecule has 1 aliphatic rings. The van der Waals surface area contributed by atoms with Gasteiger partial charge in [0, 0.05) is 25.7 Å². The van der Waals surface area contributed by atoms with Crippen LogP contribution in [-0.4, -0.2) is 38.4 Å². The number of hydrogen-bond donors (Lipinski definition) is 2. The summed E-state index contributed by atoms with van der Waals surface area (Å²) in [5, 5.41) is 8.07. The standard InChI is InChI=1S/C5H13N3O2S/c1-5-4-8(3-2-7-5)11(6,9)10/h5,7H,2-4H2,1H3,(H2,6,9,10)/t5-/m1/s1. The van der Waals surface area contributed by atoms with E-state index < -0.39 is 10.2 Å². The molecule has 0 aromatic heterocycles. The summed E-state index contributed by atoms with van der Waals surface area (Å²) < 4.78 is 22.9. The van der Waals surface area contributed by atoms with Gasteiger partial charge in [-0.25, -0.2) is 5.14 Å². The Labute approximate surface area is 66.7 Å². The zero-order valence-corrected chi connectivity index (χ0v) is 7.26. The molecule has 0 unspecified atom stereocenters. The third-order valence-corrected chi connectivity index (χ3v) is 2.74. The van der Waals surface area contributed by atoms with E-state index >= 15 is 0 Å². The van der Waals surface area contributed by atoms with Crippen molar-refractivity contribution in [3.63, 3.8) is 0 Å². The highest BCUT2D eigenvalue weighted by Gasteiger charge is 2.22. The molecule has 0 aromatic carbocycles. The molecule has 11 heavy (non-hydrogen) atoms. The fourth-order valence-corrected chi connectivity index (χ4v) is 1.91. The summed E-state index contributed by atoms with van der Waals surface area (Å²) in [7, 11) is -3.47. The minimum atomic E-state index is -3.47. The van der Waals surface area contributed by atoms with Crippen LogP contribution in [0.5, 0.6) is 0 Å². The van der Waals surface area contributed by atoms with Crippen LogP contribution in [0.4, 0.5) is 0 Å². The predicted octanol–water partition coefficient (Wildman–Crippen LogP) is -1.52. The molecular weight excluding hydrogens is 166 g/mol. The number of hydrogen-bond acceptors (Lipinski definition) is 3. The highest BCUT2D eigenvalue weighted by Crippen LogP contribution is 2.00. The van der Waals surface area contributed by atoms with Crippen molar-refractivity contribution in [2.45, 2.75) is 13.0 Å². The minimum absolute atomic E-state index is 0.196. The largest absolute Gasteiger partial charge is 0.312 e. The van der Waals surface area contributed by atoms with E-state index in [4.69, 9.17) is 5.14 Å². The SMILES string of the molecule is C[C@@H]1CN(S(N)(=O)=O)CCN1. The Morgan fingerprint density at radius 3 is 2.64 bits per heavy atom. The van der Waals surface area contributed by atoms with Gasteiger partial charge >= 0.3 is 0 Å². The maximum absolute atomic E-state index is 10.8. The van der Waals surface area contributed by atoms with Crippen molar-refractivity contribution in [1.82, 2.24) is 9.62 Å². The van der Waals surface area contributed by atoms with Crippen molar-refractivity contribution in [2.24, 2.45) is 5.14 Å². The monoisotopic (exact) mass is 179 g/mol. The maximum atomic E-state index is 10.8. The lowest BCUT2D eigenvalue weighted by Crippen LogP contribution is -2.53. The summed E-state index contributed by atoms with van der Waals surface area (Å²) in [6, 6.07) is 0.196. The second kappa shape index (κ2) is 3.06. The smallest absolute Gasteiger partial charge is 0.276 e. The number of rotatable bonds is 1. The molecule has 1 rings (SSSR count). The Balaban J connectivity index is 2.60. The fraction of sp³-hybridized carbons (Fsp3) is 1.00. The molecule has 0 radical (unpaired) electrons. The Morgan fingerprint density at radius 1 is 1.64 bits per heavy atom. The minimum Gasteiger partial charge on any atom is -0.312 e. The van der Waals surface area contributed by atoms with Crippen LogP contribution in [0, 0.1) is 0 Å². The Bertz CT molecular complexity index is 226. The van der Waals surface area contributed by atoms with Crippen LogP contribution in [0.1, 0.15) is 6.92 Å². The van der Waals surface area contributed by atoms with Gasteiger partial charge in [-0.1, -0.05) is 0 Å². The lowest BCUT2D eigenvalue weighted by molar-refractivity contribution is 0.310. The van der Waals surface area contributed by atoms with E-state index in [-0.39, 0.29) is 6.04 Å². The third kappa shape index (κ3) is 2.41. The molecule has 1 aliphatic heterocycles. The third-order valence-electron chi connectivity index (χ3n) is 1.69. The summed E-state index contributed by atoms with van der Waals surface area (Å²) in [6.07, 6.45) is 0. The van der Waals surface area contributed by atoms with Crippen molar-refractivity contribution in [3.05, 3.63) is 0 Å². The average Bonchev–Trinajstić information content (AvgIpc) is 1.86. The number of nitrogens with two attached hydrogens (primary N) is 1. The van der Waals surface area contributed by atoms with Gasteiger partial charge in [0.25, 0.3) is 10.2 Å². The van der Waals surface area contributed by atoms with Gasteiger partial charge in [0.2, 0.25) is 0 Å². The van der Waals surface area contributed by atoms with E-state index in [9.17, 15) is 8.42 Å². The molecule has 0 amide bonds. The number of piperazine rings is 1. The van der Waals surface area contributed by atoms with Crippen molar-refractivity contribution in [3.8, 4) is 0 Å². The average molecular weight is 179 g/mol. The van der Waals surface area contributed by atoms with Gasteiger partial charge < -0.3 is 5.32 Å². The topological polar surface area (TPSA) is 75.4 Å². The highest BCUT2D eigenvalue weighted by molar-refractivity contribution is 7.86. The van der Waals surface area contributed by atoms with Gasteiger partial charge in [-0.2, -0.15) is 12.7 Å². The Hall–Kier alpha value is -0.170. The summed E-state index contributed by atoms with van der Waals surface area (Å²) in [5.74, 6) is 0. The molecule has 6 heteroatoms. The summed E-state index contributed by atoms with van der Waals surface area (Å²) >= 11 is 0. The van der Waals surface area contributed by atoms with Gasteiger partial charge in [0.1, 0.15) is 0 Å². The highest BCUT2D eigenvalue weighted by atomic mass is 32.2. The maximum Gasteiger partial charge on any atom is 0.276 e. The van der Waals surface area contributed by atoms with E-state index in [1.165, 1.54) is 4.31 Å². The molecule has 1 saturated heterocycles. The first-order chi connectivity index (χ1) is 5.00.